The molecule has 0 unspecified atom stereocenters. The van der Waals surface area contributed by atoms with Crippen LogP contribution in [0.3, 0.4) is 0 Å². The quantitative estimate of drug-likeness (QED) is 0.402. The molecule has 0 amide bonds. The first-order chi connectivity index (χ1) is 4.61. The van der Waals surface area contributed by atoms with Crippen LogP contribution in [0.25, 0.3) is 0 Å². The van der Waals surface area contributed by atoms with Crippen molar-refractivity contribution in [2.75, 3.05) is 0 Å². The zero-order valence-corrected chi connectivity index (χ0v) is 5.90. The molecule has 4 N–H and O–H groups in total. The summed E-state index contributed by atoms with van der Waals surface area (Å²) >= 11 is 0. The van der Waals surface area contributed by atoms with Crippen molar-refractivity contribution in [3.63, 3.8) is 0 Å². The molecule has 1 aliphatic rings. The predicted octanol–water partition coefficient (Wildman–Crippen LogP) is -1.20. The first-order valence-corrected chi connectivity index (χ1v) is 3.38. The molecule has 1 rings (SSSR count). The van der Waals surface area contributed by atoms with Crippen molar-refractivity contribution in [2.45, 2.75) is 37.9 Å². The fraction of sp³-hybridized carbons (Fsp3) is 1.00. The van der Waals surface area contributed by atoms with Crippen LogP contribution < -0.4 is 5.73 Å². The summed E-state index contributed by atoms with van der Waals surface area (Å²) in [7, 11) is 0. The average Bonchev–Trinajstić information content (AvgIpc) is 1.82. The second kappa shape index (κ2) is 2.84. The lowest BCUT2D eigenvalue weighted by Gasteiger charge is -2.33. The molecule has 0 aromatic rings. The van der Waals surface area contributed by atoms with E-state index in [1.165, 1.54) is 0 Å². The summed E-state index contributed by atoms with van der Waals surface area (Å²) in [5.41, 5.74) is 5.47. The SMILES string of the molecule is C[C@H]1O[C@@H](O)C[C@@H](N)[C@H]1O. The Kier molecular flexibility index (Phi) is 2.25. The molecule has 0 aromatic heterocycles. The lowest BCUT2D eigenvalue weighted by atomic mass is 10.0. The average molecular weight is 147 g/mol. The molecule has 4 atom stereocenters. The van der Waals surface area contributed by atoms with Gasteiger partial charge in [0.1, 0.15) is 0 Å². The Morgan fingerprint density at radius 2 is 2.10 bits per heavy atom. The molecule has 4 heteroatoms. The number of hydrogen-bond donors (Lipinski definition) is 3. The number of hydrogen-bond acceptors (Lipinski definition) is 4. The number of rotatable bonds is 0. The molecule has 1 heterocycles. The van der Waals surface area contributed by atoms with Crippen LogP contribution in [0.5, 0.6) is 0 Å². The summed E-state index contributed by atoms with van der Waals surface area (Å²) in [6.45, 7) is 1.69. The van der Waals surface area contributed by atoms with Crippen LogP contribution in [0.1, 0.15) is 13.3 Å². The normalized spacial score (nSPS) is 49.2. The van der Waals surface area contributed by atoms with Crippen LogP contribution in [0.15, 0.2) is 0 Å². The Morgan fingerprint density at radius 3 is 2.60 bits per heavy atom. The summed E-state index contributed by atoms with van der Waals surface area (Å²) in [6, 6.07) is -0.362. The van der Waals surface area contributed by atoms with Gasteiger partial charge in [0.25, 0.3) is 0 Å². The first kappa shape index (κ1) is 7.94. The summed E-state index contributed by atoms with van der Waals surface area (Å²) < 4.78 is 4.89. The van der Waals surface area contributed by atoms with Crippen molar-refractivity contribution in [3.05, 3.63) is 0 Å². The molecule has 4 nitrogen and oxygen atoms in total. The highest BCUT2D eigenvalue weighted by molar-refractivity contribution is 4.82. The Labute approximate surface area is 59.6 Å². The smallest absolute Gasteiger partial charge is 0.156 e. The summed E-state index contributed by atoms with van der Waals surface area (Å²) in [5, 5.41) is 18.2. The van der Waals surface area contributed by atoms with E-state index in [0.29, 0.717) is 6.42 Å². The molecule has 0 radical (unpaired) electrons. The lowest BCUT2D eigenvalue weighted by Crippen LogP contribution is -2.51. The highest BCUT2D eigenvalue weighted by Gasteiger charge is 2.31. The number of ether oxygens (including phenoxy) is 1. The molecule has 0 bridgehead atoms. The first-order valence-electron chi connectivity index (χ1n) is 3.38. The van der Waals surface area contributed by atoms with E-state index in [1.807, 2.05) is 0 Å². The van der Waals surface area contributed by atoms with Crippen LogP contribution in [0.4, 0.5) is 0 Å². The van der Waals surface area contributed by atoms with Crippen LogP contribution in [0, 0.1) is 0 Å². The van der Waals surface area contributed by atoms with Crippen molar-refractivity contribution < 1.29 is 14.9 Å². The summed E-state index contributed by atoms with van der Waals surface area (Å²) in [5.74, 6) is 0. The fourth-order valence-electron chi connectivity index (χ4n) is 1.10. The second-order valence-corrected chi connectivity index (χ2v) is 2.69. The van der Waals surface area contributed by atoms with E-state index in [0.717, 1.165) is 0 Å². The third kappa shape index (κ3) is 1.46. The van der Waals surface area contributed by atoms with Gasteiger partial charge >= 0.3 is 0 Å². The number of aliphatic hydroxyl groups is 2. The molecule has 10 heavy (non-hydrogen) atoms. The van der Waals surface area contributed by atoms with Gasteiger partial charge in [-0.15, -0.1) is 0 Å². The molecule has 0 spiro atoms. The fourth-order valence-corrected chi connectivity index (χ4v) is 1.10. The Bertz CT molecular complexity index is 108. The molecule has 0 aromatic carbocycles. The maximum absolute atomic E-state index is 9.20. The molecule has 1 saturated heterocycles. The van der Waals surface area contributed by atoms with E-state index in [1.54, 1.807) is 6.92 Å². The van der Waals surface area contributed by atoms with Crippen LogP contribution in [0.2, 0.25) is 0 Å². The largest absolute Gasteiger partial charge is 0.389 e. The van der Waals surface area contributed by atoms with Gasteiger partial charge in [-0.3, -0.25) is 0 Å². The van der Waals surface area contributed by atoms with Crippen molar-refractivity contribution >= 4 is 0 Å². The standard InChI is InChI=1S/C6H13NO3/c1-3-6(9)4(7)2-5(8)10-3/h3-6,8-9H,2,7H2,1H3/t3-,4-,5-,6+/m1/s1. The minimum absolute atomic E-state index is 0.311. The van der Waals surface area contributed by atoms with E-state index < -0.39 is 12.4 Å². The van der Waals surface area contributed by atoms with E-state index >= 15 is 0 Å². The molecule has 60 valence electrons. The molecular weight excluding hydrogens is 134 g/mol. The Balaban J connectivity index is 2.49. The van der Waals surface area contributed by atoms with Gasteiger partial charge in [-0.1, -0.05) is 0 Å². The summed E-state index contributed by atoms with van der Waals surface area (Å²) in [4.78, 5) is 0. The maximum Gasteiger partial charge on any atom is 0.156 e. The highest BCUT2D eigenvalue weighted by Crippen LogP contribution is 2.16. The molecule has 0 saturated carbocycles. The molecule has 1 fully saturated rings. The monoisotopic (exact) mass is 147 g/mol. The Hall–Kier alpha value is -0.160. The van der Waals surface area contributed by atoms with E-state index in [4.69, 9.17) is 15.6 Å². The van der Waals surface area contributed by atoms with E-state index in [-0.39, 0.29) is 12.1 Å². The van der Waals surface area contributed by atoms with Crippen molar-refractivity contribution in [1.29, 1.82) is 0 Å². The zero-order chi connectivity index (χ0) is 7.72. The van der Waals surface area contributed by atoms with Gasteiger partial charge in [-0.2, -0.15) is 0 Å². The lowest BCUT2D eigenvalue weighted by molar-refractivity contribution is -0.198. The molecular formula is C6H13NO3. The summed E-state index contributed by atoms with van der Waals surface area (Å²) in [6.07, 6.45) is -1.51. The second-order valence-electron chi connectivity index (χ2n) is 2.69. The Morgan fingerprint density at radius 1 is 1.50 bits per heavy atom. The van der Waals surface area contributed by atoms with Gasteiger partial charge in [-0.05, 0) is 6.92 Å². The minimum atomic E-state index is -0.812. The van der Waals surface area contributed by atoms with Gasteiger partial charge in [0.05, 0.1) is 12.2 Å². The van der Waals surface area contributed by atoms with Crippen LogP contribution in [-0.4, -0.2) is 34.8 Å². The van der Waals surface area contributed by atoms with Gasteiger partial charge in [-0.25, -0.2) is 0 Å². The molecule has 1 aliphatic heterocycles. The van der Waals surface area contributed by atoms with Crippen LogP contribution >= 0.6 is 0 Å². The number of aliphatic hydroxyl groups excluding tert-OH is 2. The van der Waals surface area contributed by atoms with Crippen molar-refractivity contribution in [2.24, 2.45) is 5.73 Å². The van der Waals surface area contributed by atoms with E-state index in [2.05, 4.69) is 0 Å². The number of nitrogens with two attached hydrogens (primary N) is 1. The van der Waals surface area contributed by atoms with E-state index in [9.17, 15) is 5.11 Å². The third-order valence-electron chi connectivity index (χ3n) is 1.77. The van der Waals surface area contributed by atoms with Crippen molar-refractivity contribution in [3.8, 4) is 0 Å². The van der Waals surface area contributed by atoms with Gasteiger partial charge in [0, 0.05) is 12.5 Å². The van der Waals surface area contributed by atoms with Crippen molar-refractivity contribution in [1.82, 2.24) is 0 Å². The third-order valence-corrected chi connectivity index (χ3v) is 1.77. The molecule has 0 aliphatic carbocycles. The maximum atomic E-state index is 9.20. The topological polar surface area (TPSA) is 75.7 Å². The van der Waals surface area contributed by atoms with Gasteiger partial charge in [0.2, 0.25) is 0 Å². The predicted molar refractivity (Wildman–Crippen MR) is 35.2 cm³/mol. The highest BCUT2D eigenvalue weighted by atomic mass is 16.6. The van der Waals surface area contributed by atoms with Gasteiger partial charge < -0.3 is 20.7 Å². The minimum Gasteiger partial charge on any atom is -0.389 e. The zero-order valence-electron chi connectivity index (χ0n) is 5.90. The van der Waals surface area contributed by atoms with Gasteiger partial charge in [0.15, 0.2) is 6.29 Å². The van der Waals surface area contributed by atoms with Crippen LogP contribution in [-0.2, 0) is 4.74 Å².